The SMILES string of the molecule is CSc1nc(C(=O)c2cccnc2)c2sc(C3=C(C(=O)OCc4ccc([N+](=O)[O-])cc4)N4C(=O)[C@H]([C@@H](C)O)[C@H]4[C@H]3C)cn12. The second kappa shape index (κ2) is 11.0. The van der Waals surface area contributed by atoms with E-state index >= 15 is 0 Å². The number of aliphatic hydroxyl groups excluding tert-OH is 1. The minimum absolute atomic E-state index is 0.0857. The van der Waals surface area contributed by atoms with Crippen molar-refractivity contribution >= 4 is 56.8 Å². The van der Waals surface area contributed by atoms with E-state index in [0.717, 1.165) is 0 Å². The number of pyridine rings is 1. The van der Waals surface area contributed by atoms with E-state index in [4.69, 9.17) is 4.74 Å². The molecular formula is C29H25N5O7S2. The molecule has 5 heterocycles. The largest absolute Gasteiger partial charge is 0.456 e. The number of hydrogen-bond acceptors (Lipinski definition) is 11. The van der Waals surface area contributed by atoms with Crippen LogP contribution in [0.2, 0.25) is 0 Å². The molecule has 1 fully saturated rings. The molecule has 0 saturated carbocycles. The van der Waals surface area contributed by atoms with Crippen LogP contribution in [0.3, 0.4) is 0 Å². The Morgan fingerprint density at radius 2 is 2.00 bits per heavy atom. The Morgan fingerprint density at radius 3 is 2.63 bits per heavy atom. The van der Waals surface area contributed by atoms with Crippen LogP contribution in [0, 0.1) is 22.0 Å². The summed E-state index contributed by atoms with van der Waals surface area (Å²) in [5.74, 6) is -2.39. The summed E-state index contributed by atoms with van der Waals surface area (Å²) in [6, 6.07) is 8.55. The number of thioether (sulfide) groups is 1. The van der Waals surface area contributed by atoms with Crippen LogP contribution in [-0.4, -0.2) is 65.4 Å². The van der Waals surface area contributed by atoms with Gasteiger partial charge in [0, 0.05) is 47.8 Å². The maximum absolute atomic E-state index is 13.6. The van der Waals surface area contributed by atoms with Gasteiger partial charge < -0.3 is 14.7 Å². The van der Waals surface area contributed by atoms with E-state index in [2.05, 4.69) is 9.97 Å². The van der Waals surface area contributed by atoms with Crippen molar-refractivity contribution in [2.45, 2.75) is 37.8 Å². The van der Waals surface area contributed by atoms with E-state index in [0.29, 0.717) is 31.6 Å². The second-order valence-electron chi connectivity index (χ2n) is 10.3. The molecule has 0 bridgehead atoms. The summed E-state index contributed by atoms with van der Waals surface area (Å²) in [5, 5.41) is 21.9. The summed E-state index contributed by atoms with van der Waals surface area (Å²) < 4.78 is 7.43. The summed E-state index contributed by atoms with van der Waals surface area (Å²) in [4.78, 5) is 62.0. The van der Waals surface area contributed by atoms with Crippen molar-refractivity contribution in [2.75, 3.05) is 6.26 Å². The summed E-state index contributed by atoms with van der Waals surface area (Å²) in [6.07, 6.45) is 5.80. The number of imidazole rings is 1. The Morgan fingerprint density at radius 1 is 1.26 bits per heavy atom. The molecule has 4 atom stereocenters. The lowest BCUT2D eigenvalue weighted by Crippen LogP contribution is -2.63. The number of ether oxygens (including phenoxy) is 1. The number of benzene rings is 1. The molecule has 0 spiro atoms. The molecular weight excluding hydrogens is 594 g/mol. The highest BCUT2D eigenvalue weighted by molar-refractivity contribution is 7.98. The van der Waals surface area contributed by atoms with E-state index in [1.54, 1.807) is 29.7 Å². The molecule has 0 unspecified atom stereocenters. The fourth-order valence-electron chi connectivity index (χ4n) is 5.72. The van der Waals surface area contributed by atoms with Gasteiger partial charge in [0.25, 0.3) is 5.69 Å². The molecule has 2 aliphatic rings. The molecule has 4 aromatic rings. The first-order valence-corrected chi connectivity index (χ1v) is 15.3. The quantitative estimate of drug-likeness (QED) is 0.0726. The molecule has 1 N–H and O–H groups in total. The highest BCUT2D eigenvalue weighted by Crippen LogP contribution is 2.52. The summed E-state index contributed by atoms with van der Waals surface area (Å²) >= 11 is 2.65. The van der Waals surface area contributed by atoms with Crippen molar-refractivity contribution in [3.05, 3.63) is 92.5 Å². The van der Waals surface area contributed by atoms with Crippen LogP contribution in [0.15, 0.2) is 65.8 Å². The predicted octanol–water partition coefficient (Wildman–Crippen LogP) is 3.96. The van der Waals surface area contributed by atoms with Crippen molar-refractivity contribution in [1.29, 1.82) is 0 Å². The molecule has 1 saturated heterocycles. The molecule has 2 aliphatic heterocycles. The van der Waals surface area contributed by atoms with Gasteiger partial charge in [-0.1, -0.05) is 18.7 Å². The smallest absolute Gasteiger partial charge is 0.355 e. The van der Waals surface area contributed by atoms with E-state index in [-0.39, 0.29) is 41.3 Å². The van der Waals surface area contributed by atoms with Gasteiger partial charge in [-0.3, -0.25) is 29.1 Å². The Hall–Kier alpha value is -4.40. The maximum Gasteiger partial charge on any atom is 0.355 e. The summed E-state index contributed by atoms with van der Waals surface area (Å²) in [7, 11) is 0. The van der Waals surface area contributed by atoms with Crippen molar-refractivity contribution in [3.8, 4) is 0 Å². The number of amides is 1. The van der Waals surface area contributed by atoms with Crippen LogP contribution >= 0.6 is 23.1 Å². The van der Waals surface area contributed by atoms with Crippen molar-refractivity contribution < 1.29 is 29.2 Å². The Bertz CT molecular complexity index is 1810. The van der Waals surface area contributed by atoms with Crippen LogP contribution in [0.5, 0.6) is 0 Å². The fraction of sp³-hybridized carbons (Fsp3) is 0.276. The molecule has 12 nitrogen and oxygen atoms in total. The number of aliphatic hydroxyl groups is 1. The van der Waals surface area contributed by atoms with Crippen LogP contribution in [0.4, 0.5) is 5.69 Å². The molecule has 0 aliphatic carbocycles. The van der Waals surface area contributed by atoms with Gasteiger partial charge in [0.05, 0.1) is 27.9 Å². The Kier molecular flexibility index (Phi) is 7.36. The summed E-state index contributed by atoms with van der Waals surface area (Å²) in [6.45, 7) is 3.29. The topological polar surface area (TPSA) is 157 Å². The Labute approximate surface area is 253 Å². The van der Waals surface area contributed by atoms with Gasteiger partial charge in [0.2, 0.25) is 11.7 Å². The fourth-order valence-corrected chi connectivity index (χ4v) is 7.53. The van der Waals surface area contributed by atoms with Gasteiger partial charge in [0.1, 0.15) is 22.8 Å². The maximum atomic E-state index is 13.6. The zero-order valence-electron chi connectivity index (χ0n) is 23.2. The van der Waals surface area contributed by atoms with Crippen LogP contribution < -0.4 is 0 Å². The van der Waals surface area contributed by atoms with Crippen LogP contribution in [0.25, 0.3) is 10.4 Å². The number of fused-ring (bicyclic) bond motifs is 2. The minimum Gasteiger partial charge on any atom is -0.456 e. The van der Waals surface area contributed by atoms with Gasteiger partial charge in [-0.2, -0.15) is 0 Å². The Balaban J connectivity index is 1.41. The highest BCUT2D eigenvalue weighted by Gasteiger charge is 2.60. The summed E-state index contributed by atoms with van der Waals surface area (Å²) in [5.41, 5.74) is 1.77. The molecule has 1 amide bonds. The third kappa shape index (κ3) is 4.71. The van der Waals surface area contributed by atoms with E-state index in [1.165, 1.54) is 58.5 Å². The van der Waals surface area contributed by atoms with Gasteiger partial charge in [-0.25, -0.2) is 9.78 Å². The molecule has 1 aromatic carbocycles. The third-order valence-electron chi connectivity index (χ3n) is 7.76. The molecule has 6 rings (SSSR count). The standard InChI is InChI=1S/C29H25N5O7S2/c1-14-20(19-12-32-27(43-19)22(31-29(32)42-3)25(36)17-5-4-10-30-11-17)24(33-23(14)21(15(2)35)26(33)37)28(38)41-13-16-6-8-18(9-7-16)34(39)40/h4-12,14-15,21,23,35H,13H2,1-3H3/t14-,15+,21+,23+/m0/s1. The number of rotatable bonds is 9. The number of β-lactam (4-membered cyclic amide) rings is 1. The van der Waals surface area contributed by atoms with Crippen LogP contribution in [0.1, 0.15) is 40.3 Å². The molecule has 14 heteroatoms. The van der Waals surface area contributed by atoms with Crippen molar-refractivity contribution in [3.63, 3.8) is 0 Å². The van der Waals surface area contributed by atoms with Gasteiger partial charge in [-0.05, 0) is 43.0 Å². The van der Waals surface area contributed by atoms with Crippen molar-refractivity contribution in [2.24, 2.45) is 11.8 Å². The van der Waals surface area contributed by atoms with Gasteiger partial charge in [-0.15, -0.1) is 11.3 Å². The molecule has 3 aromatic heterocycles. The molecule has 220 valence electrons. The van der Waals surface area contributed by atoms with Crippen molar-refractivity contribution in [1.82, 2.24) is 19.3 Å². The monoisotopic (exact) mass is 619 g/mol. The zero-order valence-corrected chi connectivity index (χ0v) is 24.8. The number of carbonyl (C=O) groups is 3. The van der Waals surface area contributed by atoms with E-state index in [9.17, 15) is 29.6 Å². The number of esters is 1. The second-order valence-corrected chi connectivity index (χ2v) is 12.1. The number of aromatic nitrogens is 3. The first-order valence-electron chi connectivity index (χ1n) is 13.3. The number of hydrogen-bond donors (Lipinski definition) is 1. The lowest BCUT2D eigenvalue weighted by molar-refractivity contribution is -0.384. The van der Waals surface area contributed by atoms with E-state index in [1.807, 2.05) is 19.4 Å². The van der Waals surface area contributed by atoms with Gasteiger partial charge >= 0.3 is 5.97 Å². The average Bonchev–Trinajstić information content (AvgIpc) is 3.64. The number of nitrogens with zero attached hydrogens (tertiary/aromatic N) is 5. The number of carbonyl (C=O) groups excluding carboxylic acids is 3. The zero-order chi connectivity index (χ0) is 30.6. The van der Waals surface area contributed by atoms with Gasteiger partial charge in [0.15, 0.2) is 5.16 Å². The minimum atomic E-state index is -0.914. The number of thiazole rings is 1. The lowest BCUT2D eigenvalue weighted by atomic mass is 9.77. The van der Waals surface area contributed by atoms with E-state index < -0.39 is 29.0 Å². The lowest BCUT2D eigenvalue weighted by Gasteiger charge is -2.46. The number of nitro groups is 1. The molecule has 0 radical (unpaired) electrons. The highest BCUT2D eigenvalue weighted by atomic mass is 32.2. The number of nitro benzene ring substituents is 1. The number of ketones is 1. The normalized spacial score (nSPS) is 20.2. The average molecular weight is 620 g/mol. The first-order chi connectivity index (χ1) is 20.6. The number of non-ortho nitro benzene ring substituents is 1. The predicted molar refractivity (Wildman–Crippen MR) is 157 cm³/mol. The first kappa shape index (κ1) is 28.7. The molecule has 43 heavy (non-hydrogen) atoms. The third-order valence-corrected chi connectivity index (χ3v) is 9.54. The van der Waals surface area contributed by atoms with Crippen LogP contribution in [-0.2, 0) is 20.9 Å².